The van der Waals surface area contributed by atoms with E-state index < -0.39 is 40.0 Å². The fourth-order valence-corrected chi connectivity index (χ4v) is 2.96. The highest BCUT2D eigenvalue weighted by Gasteiger charge is 2.31. The maximum atomic E-state index is 13.5. The molecule has 26 heavy (non-hydrogen) atoms. The van der Waals surface area contributed by atoms with Gasteiger partial charge in [0.2, 0.25) is 15.9 Å². The Labute approximate surface area is 147 Å². The number of carbonyl (C=O) groups is 1. The number of alkyl halides is 3. The highest BCUT2D eigenvalue weighted by molar-refractivity contribution is 7.92. The second kappa shape index (κ2) is 7.32. The summed E-state index contributed by atoms with van der Waals surface area (Å²) in [7, 11) is -3.97. The van der Waals surface area contributed by atoms with Crippen molar-refractivity contribution in [2.24, 2.45) is 0 Å². The minimum atomic E-state index is -4.57. The lowest BCUT2D eigenvalue weighted by Crippen LogP contribution is -2.37. The van der Waals surface area contributed by atoms with Gasteiger partial charge < -0.3 is 5.32 Å². The van der Waals surface area contributed by atoms with Crippen molar-refractivity contribution in [1.82, 2.24) is 0 Å². The number of nitrogens with one attached hydrogen (secondary N) is 1. The van der Waals surface area contributed by atoms with Crippen LogP contribution in [0.25, 0.3) is 0 Å². The van der Waals surface area contributed by atoms with Crippen LogP contribution >= 0.6 is 0 Å². The fourth-order valence-electron chi connectivity index (χ4n) is 2.10. The van der Waals surface area contributed by atoms with Crippen LogP contribution in [0, 0.1) is 5.82 Å². The van der Waals surface area contributed by atoms with E-state index >= 15 is 0 Å². The summed E-state index contributed by atoms with van der Waals surface area (Å²) >= 11 is 0. The van der Waals surface area contributed by atoms with Gasteiger partial charge in [-0.2, -0.15) is 13.2 Å². The molecule has 0 fully saturated rings. The SMILES string of the molecule is CS(=O)(=O)N(CC(=O)Nc1ccccc1F)c1ccc(C(F)(F)F)cc1. The highest BCUT2D eigenvalue weighted by atomic mass is 32.2. The third kappa shape index (κ3) is 4.94. The van der Waals surface area contributed by atoms with Crippen molar-refractivity contribution < 1.29 is 30.8 Å². The number of rotatable bonds is 5. The second-order valence-corrected chi connectivity index (χ2v) is 7.25. The summed E-state index contributed by atoms with van der Waals surface area (Å²) in [5.74, 6) is -1.55. The molecule has 0 aliphatic carbocycles. The molecule has 10 heteroatoms. The van der Waals surface area contributed by atoms with Crippen molar-refractivity contribution in [1.29, 1.82) is 0 Å². The Balaban J connectivity index is 2.23. The summed E-state index contributed by atoms with van der Waals surface area (Å²) in [6.45, 7) is -0.724. The summed E-state index contributed by atoms with van der Waals surface area (Å²) in [5.41, 5.74) is -1.21. The largest absolute Gasteiger partial charge is 0.416 e. The lowest BCUT2D eigenvalue weighted by Gasteiger charge is -2.22. The number of anilines is 2. The van der Waals surface area contributed by atoms with Crippen molar-refractivity contribution in [3.8, 4) is 0 Å². The number of hydrogen-bond acceptors (Lipinski definition) is 3. The van der Waals surface area contributed by atoms with Gasteiger partial charge in [-0.15, -0.1) is 0 Å². The Morgan fingerprint density at radius 2 is 1.65 bits per heavy atom. The molecule has 0 aliphatic rings. The van der Waals surface area contributed by atoms with Gasteiger partial charge in [0.25, 0.3) is 0 Å². The molecule has 0 heterocycles. The fraction of sp³-hybridized carbons (Fsp3) is 0.188. The Morgan fingerprint density at radius 3 is 2.15 bits per heavy atom. The van der Waals surface area contributed by atoms with E-state index in [1.54, 1.807) is 0 Å². The Kier molecular flexibility index (Phi) is 5.55. The molecule has 0 saturated heterocycles. The van der Waals surface area contributed by atoms with Gasteiger partial charge in [-0.05, 0) is 36.4 Å². The molecule has 0 radical (unpaired) electrons. The number of amides is 1. The molecule has 2 aromatic rings. The molecule has 1 N–H and O–H groups in total. The molecule has 5 nitrogen and oxygen atoms in total. The zero-order valence-corrected chi connectivity index (χ0v) is 14.2. The molecule has 0 spiro atoms. The molecule has 2 rings (SSSR count). The van der Waals surface area contributed by atoms with Crippen LogP contribution in [0.5, 0.6) is 0 Å². The topological polar surface area (TPSA) is 66.5 Å². The first-order chi connectivity index (χ1) is 12.0. The predicted octanol–water partition coefficient (Wildman–Crippen LogP) is 3.25. The average molecular weight is 390 g/mol. The van der Waals surface area contributed by atoms with Gasteiger partial charge in [-0.25, -0.2) is 12.8 Å². The number of carbonyl (C=O) groups excluding carboxylic acids is 1. The first-order valence-corrected chi connectivity index (χ1v) is 9.02. The van der Waals surface area contributed by atoms with E-state index in [4.69, 9.17) is 0 Å². The number of hydrogen-bond donors (Lipinski definition) is 1. The molecule has 0 saturated carbocycles. The monoisotopic (exact) mass is 390 g/mol. The normalized spacial score (nSPS) is 11.9. The minimum Gasteiger partial charge on any atom is -0.322 e. The zero-order valence-electron chi connectivity index (χ0n) is 13.4. The zero-order chi connectivity index (χ0) is 19.5. The maximum Gasteiger partial charge on any atom is 0.416 e. The minimum absolute atomic E-state index is 0.121. The summed E-state index contributed by atoms with van der Waals surface area (Å²) in [5, 5.41) is 2.22. The number of benzene rings is 2. The third-order valence-electron chi connectivity index (χ3n) is 3.32. The predicted molar refractivity (Wildman–Crippen MR) is 88.7 cm³/mol. The van der Waals surface area contributed by atoms with Crippen molar-refractivity contribution >= 4 is 27.3 Å². The number of para-hydroxylation sites is 1. The molecule has 0 bridgehead atoms. The van der Waals surface area contributed by atoms with Gasteiger partial charge in [0.1, 0.15) is 12.4 Å². The highest BCUT2D eigenvalue weighted by Crippen LogP contribution is 2.31. The van der Waals surface area contributed by atoms with E-state index in [1.165, 1.54) is 18.2 Å². The van der Waals surface area contributed by atoms with Crippen molar-refractivity contribution in [2.45, 2.75) is 6.18 Å². The standard InChI is InChI=1S/C16H14F4N2O3S/c1-26(24,25)22(12-8-6-11(7-9-12)16(18,19)20)10-15(23)21-14-5-3-2-4-13(14)17/h2-9H,10H2,1H3,(H,21,23). The van der Waals surface area contributed by atoms with E-state index in [2.05, 4.69) is 5.32 Å². The molecule has 0 atom stereocenters. The van der Waals surface area contributed by atoms with Crippen molar-refractivity contribution in [3.05, 3.63) is 59.9 Å². The Bertz CT molecular complexity index is 896. The lowest BCUT2D eigenvalue weighted by atomic mass is 10.2. The quantitative estimate of drug-likeness (QED) is 0.797. The summed E-state index contributed by atoms with van der Waals surface area (Å²) in [6.07, 6.45) is -3.77. The van der Waals surface area contributed by atoms with E-state index in [0.717, 1.165) is 24.5 Å². The van der Waals surface area contributed by atoms with Crippen LogP contribution in [0.1, 0.15) is 5.56 Å². The van der Waals surface area contributed by atoms with Crippen LogP contribution in [0.15, 0.2) is 48.5 Å². The van der Waals surface area contributed by atoms with E-state index in [0.29, 0.717) is 16.4 Å². The van der Waals surface area contributed by atoms with Crippen LogP contribution < -0.4 is 9.62 Å². The number of halogens is 4. The molecular weight excluding hydrogens is 376 g/mol. The summed E-state index contributed by atoms with van der Waals surface area (Å²) in [4.78, 5) is 12.1. The lowest BCUT2D eigenvalue weighted by molar-refractivity contribution is -0.137. The van der Waals surface area contributed by atoms with E-state index in [-0.39, 0.29) is 11.4 Å². The van der Waals surface area contributed by atoms with Gasteiger partial charge in [0.15, 0.2) is 0 Å². The first kappa shape index (κ1) is 19.7. The Morgan fingerprint density at radius 1 is 1.08 bits per heavy atom. The summed E-state index contributed by atoms with van der Waals surface area (Å²) in [6, 6.07) is 8.60. The number of sulfonamides is 1. The Hall–Kier alpha value is -2.62. The van der Waals surface area contributed by atoms with Crippen LogP contribution in [0.2, 0.25) is 0 Å². The first-order valence-electron chi connectivity index (χ1n) is 7.18. The van der Waals surface area contributed by atoms with Gasteiger partial charge in [0, 0.05) is 0 Å². The molecule has 0 unspecified atom stereocenters. The smallest absolute Gasteiger partial charge is 0.322 e. The molecule has 1 amide bonds. The molecule has 0 aromatic heterocycles. The van der Waals surface area contributed by atoms with Crippen LogP contribution in [0.3, 0.4) is 0 Å². The second-order valence-electron chi connectivity index (χ2n) is 5.34. The van der Waals surface area contributed by atoms with Crippen LogP contribution in [-0.2, 0) is 21.0 Å². The van der Waals surface area contributed by atoms with E-state index in [1.807, 2.05) is 0 Å². The van der Waals surface area contributed by atoms with E-state index in [9.17, 15) is 30.8 Å². The van der Waals surface area contributed by atoms with Crippen LogP contribution in [-0.4, -0.2) is 27.1 Å². The molecule has 140 valence electrons. The van der Waals surface area contributed by atoms with Crippen molar-refractivity contribution in [3.63, 3.8) is 0 Å². The van der Waals surface area contributed by atoms with Crippen LogP contribution in [0.4, 0.5) is 28.9 Å². The van der Waals surface area contributed by atoms with Gasteiger partial charge in [-0.1, -0.05) is 12.1 Å². The van der Waals surface area contributed by atoms with Gasteiger partial charge in [-0.3, -0.25) is 9.10 Å². The van der Waals surface area contributed by atoms with Gasteiger partial charge >= 0.3 is 6.18 Å². The molecule has 2 aromatic carbocycles. The number of nitrogens with zero attached hydrogens (tertiary/aromatic N) is 1. The average Bonchev–Trinajstić information content (AvgIpc) is 2.53. The van der Waals surface area contributed by atoms with Crippen molar-refractivity contribution in [2.75, 3.05) is 22.4 Å². The molecular formula is C16H14F4N2O3S. The summed E-state index contributed by atoms with van der Waals surface area (Å²) < 4.78 is 75.9. The van der Waals surface area contributed by atoms with Gasteiger partial charge in [0.05, 0.1) is 23.2 Å². The third-order valence-corrected chi connectivity index (χ3v) is 4.46. The molecule has 0 aliphatic heterocycles. The maximum absolute atomic E-state index is 13.5.